The average molecular weight is 286 g/mol. The van der Waals surface area contributed by atoms with Crippen molar-refractivity contribution in [1.82, 2.24) is 10.2 Å². The number of rotatable bonds is 10. The molecule has 4 nitrogen and oxygen atoms in total. The molecule has 0 spiro atoms. The van der Waals surface area contributed by atoms with Crippen LogP contribution in [0.1, 0.15) is 46.5 Å². The van der Waals surface area contributed by atoms with E-state index in [9.17, 15) is 5.11 Å². The average Bonchev–Trinajstić information content (AvgIpc) is 2.40. The zero-order valence-electron chi connectivity index (χ0n) is 13.6. The Hall–Kier alpha value is -0.160. The van der Waals surface area contributed by atoms with Gasteiger partial charge in [-0.1, -0.05) is 20.3 Å². The number of nitrogens with zero attached hydrogens (tertiary/aromatic N) is 1. The van der Waals surface area contributed by atoms with E-state index < -0.39 is 0 Å². The topological polar surface area (TPSA) is 44.7 Å². The number of hydrogen-bond donors (Lipinski definition) is 2. The van der Waals surface area contributed by atoms with Gasteiger partial charge in [0.05, 0.1) is 12.7 Å². The fourth-order valence-electron chi connectivity index (χ4n) is 2.66. The molecule has 0 saturated carbocycles. The van der Waals surface area contributed by atoms with Crippen LogP contribution >= 0.6 is 0 Å². The number of piperidine rings is 1. The van der Waals surface area contributed by atoms with Crippen molar-refractivity contribution in [1.29, 1.82) is 0 Å². The number of aliphatic hydroxyl groups excluding tert-OH is 1. The molecular formula is C16H34N2O2. The first kappa shape index (κ1) is 17.9. The van der Waals surface area contributed by atoms with Crippen molar-refractivity contribution in [3.63, 3.8) is 0 Å². The Morgan fingerprint density at radius 3 is 2.80 bits per heavy atom. The molecule has 4 heteroatoms. The highest BCUT2D eigenvalue weighted by Crippen LogP contribution is 2.15. The molecule has 0 amide bonds. The summed E-state index contributed by atoms with van der Waals surface area (Å²) in [5.41, 5.74) is 0. The molecule has 1 aliphatic rings. The van der Waals surface area contributed by atoms with Crippen molar-refractivity contribution in [2.24, 2.45) is 5.92 Å². The Labute approximate surface area is 124 Å². The normalized spacial score (nSPS) is 22.4. The second-order valence-corrected chi connectivity index (χ2v) is 6.52. The van der Waals surface area contributed by atoms with Gasteiger partial charge in [-0.15, -0.1) is 0 Å². The molecule has 0 aromatic carbocycles. The molecule has 1 heterocycles. The van der Waals surface area contributed by atoms with Crippen LogP contribution in [0.2, 0.25) is 0 Å². The third kappa shape index (κ3) is 8.20. The van der Waals surface area contributed by atoms with Gasteiger partial charge < -0.3 is 20.1 Å². The van der Waals surface area contributed by atoms with Gasteiger partial charge in [0, 0.05) is 19.2 Å². The largest absolute Gasteiger partial charge is 0.389 e. The molecule has 2 N–H and O–H groups in total. The van der Waals surface area contributed by atoms with Crippen molar-refractivity contribution in [2.75, 3.05) is 39.4 Å². The standard InChI is InChI=1S/C16H34N2O2/c1-14(2)12-20-13-16(19)11-17-8-6-10-18-9-5-4-7-15(18)3/h14-17,19H,4-13H2,1-3H3. The van der Waals surface area contributed by atoms with Gasteiger partial charge in [-0.2, -0.15) is 0 Å². The van der Waals surface area contributed by atoms with Crippen LogP contribution in [0.5, 0.6) is 0 Å². The predicted octanol–water partition coefficient (Wildman–Crippen LogP) is 1.87. The molecule has 1 fully saturated rings. The predicted molar refractivity (Wildman–Crippen MR) is 84.0 cm³/mol. The van der Waals surface area contributed by atoms with Gasteiger partial charge in [-0.05, 0) is 51.7 Å². The van der Waals surface area contributed by atoms with E-state index in [1.807, 2.05) is 0 Å². The lowest BCUT2D eigenvalue weighted by molar-refractivity contribution is 0.0261. The molecule has 20 heavy (non-hydrogen) atoms. The Balaban J connectivity index is 1.93. The Morgan fingerprint density at radius 1 is 1.30 bits per heavy atom. The van der Waals surface area contributed by atoms with E-state index in [1.54, 1.807) is 0 Å². The summed E-state index contributed by atoms with van der Waals surface area (Å²) in [6, 6.07) is 0.749. The number of nitrogens with one attached hydrogen (secondary N) is 1. The highest BCUT2D eigenvalue weighted by molar-refractivity contribution is 4.73. The lowest BCUT2D eigenvalue weighted by atomic mass is 10.0. The maximum absolute atomic E-state index is 9.75. The fraction of sp³-hybridized carbons (Fsp3) is 1.00. The van der Waals surface area contributed by atoms with E-state index >= 15 is 0 Å². The Morgan fingerprint density at radius 2 is 2.10 bits per heavy atom. The third-order valence-electron chi connectivity index (χ3n) is 3.88. The van der Waals surface area contributed by atoms with Gasteiger partial charge in [-0.25, -0.2) is 0 Å². The van der Waals surface area contributed by atoms with Crippen LogP contribution in [-0.2, 0) is 4.74 Å². The molecule has 0 aromatic rings. The molecule has 0 bridgehead atoms. The molecule has 0 aliphatic carbocycles. The Bertz CT molecular complexity index is 237. The van der Waals surface area contributed by atoms with Crippen molar-refractivity contribution >= 4 is 0 Å². The number of hydrogen-bond acceptors (Lipinski definition) is 4. The van der Waals surface area contributed by atoms with Gasteiger partial charge in [-0.3, -0.25) is 0 Å². The molecule has 1 saturated heterocycles. The summed E-state index contributed by atoms with van der Waals surface area (Å²) in [7, 11) is 0. The first-order valence-corrected chi connectivity index (χ1v) is 8.30. The number of likely N-dealkylation sites (tertiary alicyclic amines) is 1. The summed E-state index contributed by atoms with van der Waals surface area (Å²) >= 11 is 0. The molecule has 1 aliphatic heterocycles. The Kier molecular flexibility index (Phi) is 9.44. The molecule has 2 atom stereocenters. The van der Waals surface area contributed by atoms with Crippen LogP contribution in [0.4, 0.5) is 0 Å². The van der Waals surface area contributed by atoms with Crippen LogP contribution in [0, 0.1) is 5.92 Å². The summed E-state index contributed by atoms with van der Waals surface area (Å²) in [6.45, 7) is 11.8. The third-order valence-corrected chi connectivity index (χ3v) is 3.88. The summed E-state index contributed by atoms with van der Waals surface area (Å²) in [5, 5.41) is 13.1. The van der Waals surface area contributed by atoms with Gasteiger partial charge in [0.2, 0.25) is 0 Å². The van der Waals surface area contributed by atoms with E-state index in [4.69, 9.17) is 4.74 Å². The molecular weight excluding hydrogens is 252 g/mol. The van der Waals surface area contributed by atoms with Crippen LogP contribution in [0.25, 0.3) is 0 Å². The summed E-state index contributed by atoms with van der Waals surface area (Å²) in [6.07, 6.45) is 4.86. The number of ether oxygens (including phenoxy) is 1. The van der Waals surface area contributed by atoms with Gasteiger partial charge in [0.1, 0.15) is 0 Å². The van der Waals surface area contributed by atoms with Crippen molar-refractivity contribution in [2.45, 2.75) is 58.6 Å². The van der Waals surface area contributed by atoms with E-state index in [0.29, 0.717) is 19.1 Å². The lowest BCUT2D eigenvalue weighted by Gasteiger charge is -2.33. The van der Waals surface area contributed by atoms with Gasteiger partial charge in [0.15, 0.2) is 0 Å². The van der Waals surface area contributed by atoms with Crippen LogP contribution in [-0.4, -0.2) is 61.5 Å². The maximum Gasteiger partial charge on any atom is 0.0897 e. The lowest BCUT2D eigenvalue weighted by Crippen LogP contribution is -2.39. The highest BCUT2D eigenvalue weighted by Gasteiger charge is 2.16. The molecule has 0 aromatic heterocycles. The van der Waals surface area contributed by atoms with Crippen molar-refractivity contribution < 1.29 is 9.84 Å². The quantitative estimate of drug-likeness (QED) is 0.602. The van der Waals surface area contributed by atoms with E-state index in [1.165, 1.54) is 32.4 Å². The second kappa shape index (κ2) is 10.6. The zero-order chi connectivity index (χ0) is 14.8. The van der Waals surface area contributed by atoms with Gasteiger partial charge in [0.25, 0.3) is 0 Å². The minimum atomic E-state index is -0.386. The molecule has 0 radical (unpaired) electrons. The molecule has 1 rings (SSSR count). The molecule has 2 unspecified atom stereocenters. The van der Waals surface area contributed by atoms with Crippen LogP contribution in [0.15, 0.2) is 0 Å². The minimum Gasteiger partial charge on any atom is -0.389 e. The van der Waals surface area contributed by atoms with Gasteiger partial charge >= 0.3 is 0 Å². The summed E-state index contributed by atoms with van der Waals surface area (Å²) in [5.74, 6) is 0.529. The first-order valence-electron chi connectivity index (χ1n) is 8.30. The summed E-state index contributed by atoms with van der Waals surface area (Å²) in [4.78, 5) is 2.59. The highest BCUT2D eigenvalue weighted by atomic mass is 16.5. The van der Waals surface area contributed by atoms with Crippen molar-refractivity contribution in [3.05, 3.63) is 0 Å². The SMILES string of the molecule is CC(C)COCC(O)CNCCCN1CCCCC1C. The van der Waals surface area contributed by atoms with E-state index in [2.05, 4.69) is 31.0 Å². The van der Waals surface area contributed by atoms with E-state index in [0.717, 1.165) is 25.6 Å². The summed E-state index contributed by atoms with van der Waals surface area (Å²) < 4.78 is 5.42. The van der Waals surface area contributed by atoms with Crippen LogP contribution < -0.4 is 5.32 Å². The zero-order valence-corrected chi connectivity index (χ0v) is 13.6. The van der Waals surface area contributed by atoms with Crippen LogP contribution in [0.3, 0.4) is 0 Å². The molecule has 120 valence electrons. The fourth-order valence-corrected chi connectivity index (χ4v) is 2.66. The minimum absolute atomic E-state index is 0.386. The monoisotopic (exact) mass is 286 g/mol. The van der Waals surface area contributed by atoms with Crippen molar-refractivity contribution in [3.8, 4) is 0 Å². The van der Waals surface area contributed by atoms with E-state index in [-0.39, 0.29) is 6.10 Å². The second-order valence-electron chi connectivity index (χ2n) is 6.52. The number of aliphatic hydroxyl groups is 1. The smallest absolute Gasteiger partial charge is 0.0897 e. The maximum atomic E-state index is 9.75. The first-order chi connectivity index (χ1) is 9.59.